The third-order valence-corrected chi connectivity index (χ3v) is 6.31. The fraction of sp³-hybridized carbons (Fsp3) is 0.926. The number of methoxy groups -OCH3 is 3. The number of allylic oxidation sites excluding steroid dienone is 1. The quantitative estimate of drug-likeness (QED) is 0.0854. The van der Waals surface area contributed by atoms with Gasteiger partial charge in [0.2, 0.25) is 0 Å². The Balaban J connectivity index is 4.04. The van der Waals surface area contributed by atoms with Crippen molar-refractivity contribution in [2.45, 2.75) is 129 Å². The van der Waals surface area contributed by atoms with Crippen molar-refractivity contribution in [3.8, 4) is 0 Å². The Hall–Kier alpha value is -0.580. The summed E-state index contributed by atoms with van der Waals surface area (Å²) in [6, 6.07) is 0. The highest BCUT2D eigenvalue weighted by atomic mass is 16.9. The van der Waals surface area contributed by atoms with E-state index in [0.717, 1.165) is 25.9 Å². The van der Waals surface area contributed by atoms with Crippen LogP contribution in [0.15, 0.2) is 12.3 Å². The molecule has 0 aromatic heterocycles. The Morgan fingerprint density at radius 3 is 1.45 bits per heavy atom. The molecule has 0 rings (SSSR count). The van der Waals surface area contributed by atoms with Crippen molar-refractivity contribution in [1.82, 2.24) is 0 Å². The molecule has 0 aliphatic carbocycles. The lowest BCUT2D eigenvalue weighted by molar-refractivity contribution is -0.380. The van der Waals surface area contributed by atoms with Crippen molar-refractivity contribution in [1.29, 1.82) is 0 Å². The van der Waals surface area contributed by atoms with Crippen molar-refractivity contribution in [3.05, 3.63) is 12.3 Å². The Morgan fingerprint density at radius 1 is 0.613 bits per heavy atom. The number of rotatable bonds is 24. The third-order valence-electron chi connectivity index (χ3n) is 6.31. The van der Waals surface area contributed by atoms with Gasteiger partial charge in [0.05, 0.1) is 12.9 Å². The number of ether oxygens (including phenoxy) is 4. The third kappa shape index (κ3) is 15.8. The van der Waals surface area contributed by atoms with Crippen molar-refractivity contribution in [2.75, 3.05) is 27.9 Å². The molecule has 0 aliphatic rings. The molecule has 4 heteroatoms. The summed E-state index contributed by atoms with van der Waals surface area (Å²) in [6.07, 6.45) is 25.5. The molecule has 0 aliphatic heterocycles. The molecule has 0 saturated heterocycles. The van der Waals surface area contributed by atoms with Gasteiger partial charge in [0.15, 0.2) is 0 Å². The van der Waals surface area contributed by atoms with Crippen LogP contribution in [0, 0.1) is 5.92 Å². The van der Waals surface area contributed by atoms with Gasteiger partial charge in [-0.1, -0.05) is 103 Å². The maximum atomic E-state index is 5.71. The molecule has 0 aromatic rings. The molecule has 0 heterocycles. The average molecular weight is 443 g/mol. The predicted octanol–water partition coefficient (Wildman–Crippen LogP) is 8.40. The molecule has 0 radical (unpaired) electrons. The smallest absolute Gasteiger partial charge is 0.285 e. The first kappa shape index (κ1) is 30.4. The monoisotopic (exact) mass is 442 g/mol. The topological polar surface area (TPSA) is 36.9 Å². The second-order valence-corrected chi connectivity index (χ2v) is 8.78. The standard InChI is InChI=1S/C27H54O4/c1-6-8-9-10-13-16-19-22-26(27(28-3,29-4)30-5)23-20-17-14-11-12-15-18-21-25-31-24-7-2/h7,24,26H,6,8-23,25H2,1-5H3. The zero-order valence-electron chi connectivity index (χ0n) is 21.6. The molecule has 1 atom stereocenters. The van der Waals surface area contributed by atoms with Gasteiger partial charge in [0.25, 0.3) is 5.97 Å². The van der Waals surface area contributed by atoms with Crippen LogP contribution in [-0.4, -0.2) is 33.9 Å². The number of hydrogen-bond acceptors (Lipinski definition) is 4. The number of unbranched alkanes of at least 4 members (excludes halogenated alkanes) is 13. The highest BCUT2D eigenvalue weighted by Gasteiger charge is 2.39. The summed E-state index contributed by atoms with van der Waals surface area (Å²) >= 11 is 0. The van der Waals surface area contributed by atoms with E-state index in [1.54, 1.807) is 27.6 Å². The van der Waals surface area contributed by atoms with E-state index in [4.69, 9.17) is 18.9 Å². The summed E-state index contributed by atoms with van der Waals surface area (Å²) < 4.78 is 22.5. The molecular weight excluding hydrogens is 388 g/mol. The van der Waals surface area contributed by atoms with Gasteiger partial charge in [0.1, 0.15) is 0 Å². The van der Waals surface area contributed by atoms with Gasteiger partial charge in [-0.25, -0.2) is 0 Å². The van der Waals surface area contributed by atoms with Gasteiger partial charge in [0, 0.05) is 27.2 Å². The van der Waals surface area contributed by atoms with E-state index in [1.807, 2.05) is 13.0 Å². The molecular formula is C27H54O4. The van der Waals surface area contributed by atoms with Crippen LogP contribution < -0.4 is 0 Å². The first-order chi connectivity index (χ1) is 15.2. The van der Waals surface area contributed by atoms with Gasteiger partial charge in [-0.2, -0.15) is 0 Å². The lowest BCUT2D eigenvalue weighted by atomic mass is 9.91. The maximum Gasteiger partial charge on any atom is 0.285 e. The minimum Gasteiger partial charge on any atom is -0.502 e. The fourth-order valence-electron chi connectivity index (χ4n) is 4.40. The van der Waals surface area contributed by atoms with E-state index in [0.29, 0.717) is 5.92 Å². The van der Waals surface area contributed by atoms with E-state index in [-0.39, 0.29) is 0 Å². The Bertz CT molecular complexity index is 371. The second-order valence-electron chi connectivity index (χ2n) is 8.78. The van der Waals surface area contributed by atoms with E-state index in [1.165, 1.54) is 89.9 Å². The minimum absolute atomic E-state index is 0.292. The summed E-state index contributed by atoms with van der Waals surface area (Å²) in [6.45, 7) is 5.11. The molecule has 0 aromatic carbocycles. The van der Waals surface area contributed by atoms with Crippen molar-refractivity contribution >= 4 is 0 Å². The number of hydrogen-bond donors (Lipinski definition) is 0. The van der Waals surface area contributed by atoms with Crippen LogP contribution in [0.5, 0.6) is 0 Å². The highest BCUT2D eigenvalue weighted by Crippen LogP contribution is 2.33. The van der Waals surface area contributed by atoms with Crippen LogP contribution in [0.1, 0.15) is 123 Å². The summed E-state index contributed by atoms with van der Waals surface area (Å²) in [5.41, 5.74) is 0. The Labute approximate surface area is 194 Å². The van der Waals surface area contributed by atoms with Crippen LogP contribution in [0.2, 0.25) is 0 Å². The van der Waals surface area contributed by atoms with Crippen molar-refractivity contribution in [2.24, 2.45) is 5.92 Å². The Kier molecular flexibility index (Phi) is 22.2. The largest absolute Gasteiger partial charge is 0.502 e. The van der Waals surface area contributed by atoms with Gasteiger partial charge >= 0.3 is 0 Å². The molecule has 0 bridgehead atoms. The normalized spacial score (nSPS) is 13.2. The second kappa shape index (κ2) is 22.6. The van der Waals surface area contributed by atoms with Crippen LogP contribution in [-0.2, 0) is 18.9 Å². The molecule has 0 N–H and O–H groups in total. The Morgan fingerprint density at radius 2 is 1.03 bits per heavy atom. The molecule has 0 fully saturated rings. The van der Waals surface area contributed by atoms with Crippen LogP contribution in [0.25, 0.3) is 0 Å². The van der Waals surface area contributed by atoms with E-state index < -0.39 is 5.97 Å². The molecule has 31 heavy (non-hydrogen) atoms. The van der Waals surface area contributed by atoms with Crippen LogP contribution in [0.4, 0.5) is 0 Å². The van der Waals surface area contributed by atoms with Crippen LogP contribution >= 0.6 is 0 Å². The molecule has 186 valence electrons. The lowest BCUT2D eigenvalue weighted by Gasteiger charge is -2.36. The molecule has 0 amide bonds. The first-order valence-electron chi connectivity index (χ1n) is 13.1. The lowest BCUT2D eigenvalue weighted by Crippen LogP contribution is -2.44. The summed E-state index contributed by atoms with van der Waals surface area (Å²) in [5.74, 6) is -0.600. The fourth-order valence-corrected chi connectivity index (χ4v) is 4.40. The molecule has 0 saturated carbocycles. The van der Waals surface area contributed by atoms with Crippen molar-refractivity contribution < 1.29 is 18.9 Å². The average Bonchev–Trinajstić information content (AvgIpc) is 2.80. The van der Waals surface area contributed by atoms with Crippen molar-refractivity contribution in [3.63, 3.8) is 0 Å². The maximum absolute atomic E-state index is 5.71. The molecule has 4 nitrogen and oxygen atoms in total. The van der Waals surface area contributed by atoms with E-state index in [9.17, 15) is 0 Å². The molecule has 1 unspecified atom stereocenters. The van der Waals surface area contributed by atoms with E-state index >= 15 is 0 Å². The summed E-state index contributed by atoms with van der Waals surface area (Å²) in [7, 11) is 5.11. The zero-order chi connectivity index (χ0) is 23.0. The highest BCUT2D eigenvalue weighted by molar-refractivity contribution is 4.72. The van der Waals surface area contributed by atoms with Gasteiger partial charge in [-0.15, -0.1) is 0 Å². The predicted molar refractivity (Wildman–Crippen MR) is 132 cm³/mol. The van der Waals surface area contributed by atoms with Crippen LogP contribution in [0.3, 0.4) is 0 Å². The SMILES string of the molecule is CC=COCCCCCCCCCCC(CCCCCCCCC)C(OC)(OC)OC. The zero-order valence-corrected chi connectivity index (χ0v) is 21.6. The summed E-state index contributed by atoms with van der Waals surface area (Å²) in [5, 5.41) is 0. The van der Waals surface area contributed by atoms with Gasteiger partial charge < -0.3 is 18.9 Å². The minimum atomic E-state index is -0.892. The first-order valence-corrected chi connectivity index (χ1v) is 13.1. The van der Waals surface area contributed by atoms with E-state index in [2.05, 4.69) is 6.92 Å². The summed E-state index contributed by atoms with van der Waals surface area (Å²) in [4.78, 5) is 0. The molecule has 0 spiro atoms. The van der Waals surface area contributed by atoms with Gasteiger partial charge in [-0.3, -0.25) is 0 Å². The van der Waals surface area contributed by atoms with Gasteiger partial charge in [-0.05, 0) is 26.2 Å².